The molecular weight excluding hydrogens is 356 g/mol. The van der Waals surface area contributed by atoms with Crippen molar-refractivity contribution < 1.29 is 4.39 Å². The van der Waals surface area contributed by atoms with Crippen LogP contribution >= 0.6 is 24.0 Å². The lowest BCUT2D eigenvalue weighted by molar-refractivity contribution is 0.480. The Hall–Kier alpha value is -0.850. The fourth-order valence-corrected chi connectivity index (χ4v) is 2.03. The normalized spacial score (nSPS) is 14.9. The molecule has 5 heteroatoms. The van der Waals surface area contributed by atoms with Crippen molar-refractivity contribution in [2.75, 3.05) is 26.7 Å². The maximum atomic E-state index is 12.9. The zero-order valence-corrected chi connectivity index (χ0v) is 13.9. The Balaban J connectivity index is 0.00000180. The predicted octanol–water partition coefficient (Wildman–Crippen LogP) is 2.61. The lowest BCUT2D eigenvalue weighted by atomic mass is 9.84. The van der Waals surface area contributed by atoms with E-state index in [1.807, 2.05) is 19.2 Å². The summed E-state index contributed by atoms with van der Waals surface area (Å²) >= 11 is 0. The Morgan fingerprint density at radius 3 is 2.47 bits per heavy atom. The van der Waals surface area contributed by atoms with Gasteiger partial charge >= 0.3 is 0 Å². The van der Waals surface area contributed by atoms with Gasteiger partial charge in [-0.05, 0) is 17.7 Å². The van der Waals surface area contributed by atoms with Gasteiger partial charge in [-0.1, -0.05) is 26.0 Å². The Labute approximate surface area is 131 Å². The predicted molar refractivity (Wildman–Crippen MR) is 87.8 cm³/mol. The fourth-order valence-electron chi connectivity index (χ4n) is 2.03. The Bertz CT molecular complexity index is 443. The largest absolute Gasteiger partial charge is 0.355 e. The molecule has 0 aromatic heterocycles. The molecule has 1 aromatic rings. The molecule has 0 saturated heterocycles. The summed E-state index contributed by atoms with van der Waals surface area (Å²) in [5.41, 5.74) is 1.07. The molecule has 1 aliphatic rings. The molecule has 0 radical (unpaired) electrons. The van der Waals surface area contributed by atoms with Gasteiger partial charge in [-0.15, -0.1) is 24.0 Å². The molecule has 0 aliphatic carbocycles. The van der Waals surface area contributed by atoms with E-state index in [0.29, 0.717) is 0 Å². The number of nitrogens with one attached hydrogen (secondary N) is 1. The first-order chi connectivity index (χ1) is 8.49. The van der Waals surface area contributed by atoms with Gasteiger partial charge < -0.3 is 10.2 Å². The summed E-state index contributed by atoms with van der Waals surface area (Å²) in [5, 5.41) is 3.37. The van der Waals surface area contributed by atoms with Crippen molar-refractivity contribution in [3.8, 4) is 0 Å². The quantitative estimate of drug-likeness (QED) is 0.821. The van der Waals surface area contributed by atoms with E-state index < -0.39 is 0 Å². The summed E-state index contributed by atoms with van der Waals surface area (Å²) in [6, 6.07) is 6.71. The summed E-state index contributed by atoms with van der Waals surface area (Å²) in [4.78, 5) is 6.51. The molecule has 1 aromatic carbocycles. The Kier molecular flexibility index (Phi) is 5.58. The van der Waals surface area contributed by atoms with Crippen LogP contribution in [0.1, 0.15) is 19.4 Å². The third-order valence-corrected chi connectivity index (χ3v) is 3.37. The van der Waals surface area contributed by atoms with E-state index in [2.05, 4.69) is 29.1 Å². The number of benzene rings is 1. The second-order valence-corrected chi connectivity index (χ2v) is 5.37. The van der Waals surface area contributed by atoms with Crippen molar-refractivity contribution >= 4 is 29.9 Å². The van der Waals surface area contributed by atoms with Crippen molar-refractivity contribution in [2.45, 2.75) is 19.3 Å². The number of hydrogen-bond acceptors (Lipinski definition) is 3. The molecule has 0 bridgehead atoms. The molecule has 1 aliphatic heterocycles. The van der Waals surface area contributed by atoms with Gasteiger partial charge in [0.05, 0.1) is 6.54 Å². The summed E-state index contributed by atoms with van der Waals surface area (Å²) in [5.74, 6) is 0.757. The Morgan fingerprint density at radius 1 is 1.32 bits per heavy atom. The summed E-state index contributed by atoms with van der Waals surface area (Å²) in [6.45, 7) is 6.89. The molecule has 106 valence electrons. The minimum absolute atomic E-state index is 0. The molecule has 0 atom stereocenters. The van der Waals surface area contributed by atoms with Crippen LogP contribution in [0.15, 0.2) is 29.3 Å². The minimum atomic E-state index is -0.192. The molecule has 2 rings (SSSR count). The maximum absolute atomic E-state index is 12.9. The highest BCUT2D eigenvalue weighted by Crippen LogP contribution is 2.22. The second-order valence-electron chi connectivity index (χ2n) is 5.37. The van der Waals surface area contributed by atoms with Crippen LogP contribution in [0.4, 0.5) is 4.39 Å². The van der Waals surface area contributed by atoms with Crippen LogP contribution in [0.5, 0.6) is 0 Å². The second kappa shape index (κ2) is 6.54. The number of guanidine groups is 1. The topological polar surface area (TPSA) is 27.6 Å². The Morgan fingerprint density at radius 2 is 1.95 bits per heavy atom. The monoisotopic (exact) mass is 377 g/mol. The van der Waals surface area contributed by atoms with Crippen molar-refractivity contribution in [1.29, 1.82) is 0 Å². The first-order valence-corrected chi connectivity index (χ1v) is 6.24. The molecule has 1 N–H and O–H groups in total. The average Bonchev–Trinajstić information content (AvgIpc) is 2.73. The van der Waals surface area contributed by atoms with Gasteiger partial charge in [0.25, 0.3) is 0 Å². The van der Waals surface area contributed by atoms with Crippen molar-refractivity contribution in [3.63, 3.8) is 0 Å². The van der Waals surface area contributed by atoms with Crippen molar-refractivity contribution in [1.82, 2.24) is 10.2 Å². The van der Waals surface area contributed by atoms with Crippen LogP contribution in [0.3, 0.4) is 0 Å². The third-order valence-electron chi connectivity index (χ3n) is 3.37. The first kappa shape index (κ1) is 16.2. The smallest absolute Gasteiger partial charge is 0.193 e. The number of aliphatic imine (C=N–C) groups is 1. The molecule has 0 amide bonds. The van der Waals surface area contributed by atoms with Gasteiger partial charge in [-0.25, -0.2) is 4.39 Å². The molecule has 0 spiro atoms. The highest BCUT2D eigenvalue weighted by Gasteiger charge is 2.22. The SMILES string of the molecule is CN1CCN=C1NCC(C)(C)c1ccc(F)cc1.I. The molecule has 3 nitrogen and oxygen atoms in total. The molecular formula is C14H21FIN3. The van der Waals surface area contributed by atoms with Crippen LogP contribution in [0.25, 0.3) is 0 Å². The van der Waals surface area contributed by atoms with E-state index in [0.717, 1.165) is 31.2 Å². The number of nitrogens with zero attached hydrogens (tertiary/aromatic N) is 2. The highest BCUT2D eigenvalue weighted by molar-refractivity contribution is 14.0. The number of likely N-dealkylation sites (N-methyl/N-ethyl adjacent to an activating group) is 1. The van der Waals surface area contributed by atoms with Gasteiger partial charge in [-0.2, -0.15) is 0 Å². The van der Waals surface area contributed by atoms with Crippen LogP contribution in [0, 0.1) is 5.82 Å². The minimum Gasteiger partial charge on any atom is -0.355 e. The molecule has 0 saturated carbocycles. The molecule has 0 fully saturated rings. The van der Waals surface area contributed by atoms with Crippen LogP contribution in [-0.4, -0.2) is 37.5 Å². The lowest BCUT2D eigenvalue weighted by Gasteiger charge is -2.27. The average molecular weight is 377 g/mol. The fraction of sp³-hybridized carbons (Fsp3) is 0.500. The number of hydrogen-bond donors (Lipinski definition) is 1. The lowest BCUT2D eigenvalue weighted by Crippen LogP contribution is -2.42. The maximum Gasteiger partial charge on any atom is 0.193 e. The van der Waals surface area contributed by atoms with E-state index in [1.165, 1.54) is 12.1 Å². The number of rotatable bonds is 3. The third kappa shape index (κ3) is 4.06. The van der Waals surface area contributed by atoms with Gasteiger partial charge in [-0.3, -0.25) is 4.99 Å². The van der Waals surface area contributed by atoms with Gasteiger partial charge in [0, 0.05) is 25.6 Å². The number of halogens is 2. The van der Waals surface area contributed by atoms with E-state index >= 15 is 0 Å². The van der Waals surface area contributed by atoms with Crippen LogP contribution in [0.2, 0.25) is 0 Å². The molecule has 19 heavy (non-hydrogen) atoms. The standard InChI is InChI=1S/C14H20FN3.HI/c1-14(2,11-4-6-12(15)7-5-11)10-17-13-16-8-9-18(13)3;/h4-7H,8-10H2,1-3H3,(H,16,17);1H. The summed E-state index contributed by atoms with van der Waals surface area (Å²) in [6.07, 6.45) is 0. The van der Waals surface area contributed by atoms with Gasteiger partial charge in [0.2, 0.25) is 0 Å². The zero-order valence-electron chi connectivity index (χ0n) is 11.6. The van der Waals surface area contributed by atoms with Gasteiger partial charge in [0.1, 0.15) is 5.82 Å². The first-order valence-electron chi connectivity index (χ1n) is 6.24. The van der Waals surface area contributed by atoms with E-state index in [1.54, 1.807) is 0 Å². The van der Waals surface area contributed by atoms with Gasteiger partial charge in [0.15, 0.2) is 5.96 Å². The summed E-state index contributed by atoms with van der Waals surface area (Å²) in [7, 11) is 2.03. The zero-order chi connectivity index (χ0) is 13.2. The van der Waals surface area contributed by atoms with Crippen molar-refractivity contribution in [2.24, 2.45) is 4.99 Å². The van der Waals surface area contributed by atoms with E-state index in [-0.39, 0.29) is 35.2 Å². The molecule has 0 unspecified atom stereocenters. The summed E-state index contributed by atoms with van der Waals surface area (Å²) < 4.78 is 12.9. The van der Waals surface area contributed by atoms with E-state index in [9.17, 15) is 4.39 Å². The van der Waals surface area contributed by atoms with E-state index in [4.69, 9.17) is 0 Å². The van der Waals surface area contributed by atoms with Crippen molar-refractivity contribution in [3.05, 3.63) is 35.6 Å². The van der Waals surface area contributed by atoms with Crippen LogP contribution < -0.4 is 5.32 Å². The molecule has 1 heterocycles. The van der Waals surface area contributed by atoms with Crippen LogP contribution in [-0.2, 0) is 5.41 Å². The highest BCUT2D eigenvalue weighted by atomic mass is 127.